The van der Waals surface area contributed by atoms with Gasteiger partial charge in [-0.2, -0.15) is 18.0 Å². The Morgan fingerprint density at radius 1 is 1.04 bits per heavy atom. The number of rotatable bonds is 10. The second-order valence-corrected chi connectivity index (χ2v) is 12.0. The van der Waals surface area contributed by atoms with Crippen LogP contribution < -0.4 is 9.80 Å². The predicted molar refractivity (Wildman–Crippen MR) is 168 cm³/mol. The monoisotopic (exact) mass is 645 g/mol. The first-order valence-electron chi connectivity index (χ1n) is 15.2. The van der Waals surface area contributed by atoms with Crippen LogP contribution in [0.15, 0.2) is 30.3 Å². The van der Waals surface area contributed by atoms with Gasteiger partial charge in [0, 0.05) is 37.4 Å². The van der Waals surface area contributed by atoms with Crippen LogP contribution in [0.25, 0.3) is 4.85 Å². The zero-order chi connectivity index (χ0) is 31.4. The molecular formula is C32H39ClF3N7O2. The largest absolute Gasteiger partial charge is 0.481 e. The number of benzene rings is 2. The number of tetrazole rings is 1. The Balaban J connectivity index is 0.00000461. The van der Waals surface area contributed by atoms with E-state index in [-0.39, 0.29) is 36.5 Å². The van der Waals surface area contributed by atoms with Crippen LogP contribution in [-0.2, 0) is 43.9 Å². The minimum atomic E-state index is -4.58. The van der Waals surface area contributed by atoms with E-state index >= 15 is 0 Å². The summed E-state index contributed by atoms with van der Waals surface area (Å²) in [5.41, 5.74) is 4.11. The summed E-state index contributed by atoms with van der Waals surface area (Å²) in [5, 5.41) is 22.0. The fourth-order valence-corrected chi connectivity index (χ4v) is 6.56. The maximum atomic E-state index is 13.7. The third-order valence-corrected chi connectivity index (χ3v) is 8.89. The molecule has 0 amide bonds. The number of carboxylic acid groups (broad SMARTS) is 1. The summed E-state index contributed by atoms with van der Waals surface area (Å²) in [6.45, 7) is 11.4. The molecule has 2 aliphatic carbocycles. The molecule has 0 radical (unpaired) electrons. The molecule has 242 valence electrons. The summed E-state index contributed by atoms with van der Waals surface area (Å²) in [6.07, 6.45) is 2.73. The summed E-state index contributed by atoms with van der Waals surface area (Å²) in [5.74, 6) is -0.319. The molecule has 1 saturated carbocycles. The number of alkyl halides is 3. The Kier molecular flexibility index (Phi) is 11.0. The molecule has 0 spiro atoms. The maximum absolute atomic E-state index is 13.7. The first-order chi connectivity index (χ1) is 21.0. The molecule has 0 saturated heterocycles. The predicted octanol–water partition coefficient (Wildman–Crippen LogP) is 7.00. The number of carboxylic acids is 1. The molecule has 5 rings (SSSR count). The molecule has 0 bridgehead atoms. The molecule has 1 aromatic heterocycles. The van der Waals surface area contributed by atoms with Gasteiger partial charge in [-0.1, -0.05) is 17.2 Å². The van der Waals surface area contributed by atoms with Crippen molar-refractivity contribution in [1.82, 2.24) is 20.2 Å². The normalized spacial score (nSPS) is 18.0. The van der Waals surface area contributed by atoms with Crippen molar-refractivity contribution in [2.75, 3.05) is 22.9 Å². The number of nitrogens with zero attached hydrogens (tertiary/aromatic N) is 7. The Hall–Kier alpha value is -3.85. The quantitative estimate of drug-likeness (QED) is 0.237. The maximum Gasteiger partial charge on any atom is 0.415 e. The Morgan fingerprint density at radius 2 is 1.73 bits per heavy atom. The fraction of sp³-hybridized carbons (Fsp3) is 0.531. The molecule has 3 aromatic rings. The zero-order valence-corrected chi connectivity index (χ0v) is 26.4. The Morgan fingerprint density at radius 3 is 2.31 bits per heavy atom. The SMILES string of the molecule is Cl.[C-]#[N+]c1cc(CN(Cc2cc3c(cc2N(CC)CC2CCC(C(=O)O)CC2)CCCC3)c2nnn(C)n2)cc(C(F)(F)F)c1. The lowest BCUT2D eigenvalue weighted by Gasteiger charge is -2.35. The van der Waals surface area contributed by atoms with Crippen LogP contribution in [0.4, 0.5) is 30.5 Å². The number of carbonyl (C=O) groups is 1. The topological polar surface area (TPSA) is 91.7 Å². The molecule has 0 atom stereocenters. The van der Waals surface area contributed by atoms with Crippen LogP contribution in [0.5, 0.6) is 0 Å². The summed E-state index contributed by atoms with van der Waals surface area (Å²) < 4.78 is 41.1. The standard InChI is InChI=1S/C32H38F3N7O2.ClH/c1-4-41(18-21-9-11-23(12-10-21)30(43)44)29-16-25-8-6-5-7-24(25)15-26(29)20-42(31-37-39-40(3)38-31)19-22-13-27(32(33,34)35)17-28(14-22)36-2;/h13-17,21,23H,4-12,18-20H2,1,3H3,(H,43,44);1H. The van der Waals surface area contributed by atoms with Gasteiger partial charge in [-0.15, -0.1) is 17.5 Å². The van der Waals surface area contributed by atoms with Gasteiger partial charge in [-0.25, -0.2) is 4.85 Å². The molecule has 2 aromatic carbocycles. The first-order valence-corrected chi connectivity index (χ1v) is 15.2. The first kappa shape index (κ1) is 34.0. The van der Waals surface area contributed by atoms with E-state index in [9.17, 15) is 23.1 Å². The molecule has 2 aliphatic rings. The van der Waals surface area contributed by atoms with Crippen LogP contribution in [0.2, 0.25) is 0 Å². The van der Waals surface area contributed by atoms with E-state index in [4.69, 9.17) is 6.57 Å². The van der Waals surface area contributed by atoms with Crippen molar-refractivity contribution >= 4 is 35.7 Å². The number of fused-ring (bicyclic) bond motifs is 1. The third-order valence-electron chi connectivity index (χ3n) is 8.89. The lowest BCUT2D eigenvalue weighted by molar-refractivity contribution is -0.143. The van der Waals surface area contributed by atoms with Gasteiger partial charge in [-0.05, 0) is 110 Å². The summed E-state index contributed by atoms with van der Waals surface area (Å²) >= 11 is 0. The van der Waals surface area contributed by atoms with Crippen LogP contribution in [0.3, 0.4) is 0 Å². The van der Waals surface area contributed by atoms with Crippen molar-refractivity contribution in [1.29, 1.82) is 0 Å². The van der Waals surface area contributed by atoms with Gasteiger partial charge in [0.2, 0.25) is 0 Å². The van der Waals surface area contributed by atoms with Gasteiger partial charge in [-0.3, -0.25) is 4.79 Å². The lowest BCUT2D eigenvalue weighted by atomic mass is 9.81. The van der Waals surface area contributed by atoms with E-state index in [1.54, 1.807) is 7.05 Å². The number of aliphatic carboxylic acids is 1. The summed E-state index contributed by atoms with van der Waals surface area (Å²) in [6, 6.07) is 7.93. The molecule has 0 unspecified atom stereocenters. The van der Waals surface area contributed by atoms with E-state index in [1.165, 1.54) is 22.0 Å². The van der Waals surface area contributed by atoms with Crippen molar-refractivity contribution < 1.29 is 23.1 Å². The minimum absolute atomic E-state index is 0. The van der Waals surface area contributed by atoms with Gasteiger partial charge in [0.05, 0.1) is 19.5 Å². The summed E-state index contributed by atoms with van der Waals surface area (Å²) in [4.78, 5) is 20.3. The van der Waals surface area contributed by atoms with Gasteiger partial charge >= 0.3 is 12.1 Å². The molecule has 1 heterocycles. The molecule has 1 fully saturated rings. The second-order valence-electron chi connectivity index (χ2n) is 12.0. The molecule has 45 heavy (non-hydrogen) atoms. The van der Waals surface area contributed by atoms with Crippen LogP contribution in [-0.4, -0.2) is 44.4 Å². The van der Waals surface area contributed by atoms with Crippen molar-refractivity contribution in [3.8, 4) is 0 Å². The van der Waals surface area contributed by atoms with Crippen LogP contribution in [0, 0.1) is 18.4 Å². The summed E-state index contributed by atoms with van der Waals surface area (Å²) in [7, 11) is 1.64. The van der Waals surface area contributed by atoms with Gasteiger partial charge < -0.3 is 14.9 Å². The van der Waals surface area contributed by atoms with Crippen LogP contribution in [0.1, 0.15) is 73.3 Å². The highest BCUT2D eigenvalue weighted by Crippen LogP contribution is 2.36. The van der Waals surface area contributed by atoms with E-state index in [1.807, 2.05) is 4.90 Å². The van der Waals surface area contributed by atoms with Crippen molar-refractivity contribution in [2.24, 2.45) is 18.9 Å². The third kappa shape index (κ3) is 8.25. The molecule has 0 aliphatic heterocycles. The molecule has 13 heteroatoms. The van der Waals surface area contributed by atoms with Crippen LogP contribution >= 0.6 is 12.4 Å². The molecule has 1 N–H and O–H groups in total. The average molecular weight is 646 g/mol. The van der Waals surface area contributed by atoms with Gasteiger partial charge in [0.15, 0.2) is 5.69 Å². The highest BCUT2D eigenvalue weighted by molar-refractivity contribution is 5.85. The van der Waals surface area contributed by atoms with Crippen molar-refractivity contribution in [3.63, 3.8) is 0 Å². The Labute approximate surface area is 267 Å². The number of anilines is 2. The second kappa shape index (κ2) is 14.5. The van der Waals surface area contributed by atoms with Crippen molar-refractivity contribution in [3.05, 3.63) is 69.6 Å². The number of hydrogen-bond acceptors (Lipinski definition) is 6. The van der Waals surface area contributed by atoms with Gasteiger partial charge in [0.1, 0.15) is 0 Å². The van der Waals surface area contributed by atoms with Crippen molar-refractivity contribution in [2.45, 2.75) is 77.6 Å². The zero-order valence-electron chi connectivity index (χ0n) is 25.6. The average Bonchev–Trinajstić information content (AvgIpc) is 3.45. The number of hydrogen-bond donors (Lipinski definition) is 1. The smallest absolute Gasteiger partial charge is 0.415 e. The number of aryl methyl sites for hydroxylation is 3. The fourth-order valence-electron chi connectivity index (χ4n) is 6.56. The Bertz CT molecular complexity index is 1530. The molecular weight excluding hydrogens is 607 g/mol. The number of aromatic nitrogens is 4. The van der Waals surface area contributed by atoms with E-state index < -0.39 is 17.7 Å². The van der Waals surface area contributed by atoms with Gasteiger partial charge in [0.25, 0.3) is 5.95 Å². The molecule has 9 nitrogen and oxygen atoms in total. The van der Waals surface area contributed by atoms with E-state index in [0.717, 1.165) is 75.0 Å². The lowest BCUT2D eigenvalue weighted by Crippen LogP contribution is -2.34. The van der Waals surface area contributed by atoms with E-state index in [0.29, 0.717) is 30.9 Å². The highest BCUT2D eigenvalue weighted by atomic mass is 35.5. The number of halogens is 4. The minimum Gasteiger partial charge on any atom is -0.481 e. The van der Waals surface area contributed by atoms with E-state index in [2.05, 4.69) is 44.2 Å². The highest BCUT2D eigenvalue weighted by Gasteiger charge is 2.32.